The third-order valence-electron chi connectivity index (χ3n) is 5.27. The number of fused-ring (bicyclic) bond motifs is 1. The molecule has 2 aliphatic rings. The van der Waals surface area contributed by atoms with Crippen LogP contribution < -0.4 is 10.9 Å². The standard InChI is InChI=1S/C22H25N3OS/c26-14-4-7-18-9-10-19(27-18)15-25-13-12-22-20(16-25)21(23-24-22)11-8-17-5-2-1-3-6-17/h1-3,5-6,8-11,20-24,26H,12-16H2/b11-8+. The number of thiophene rings is 1. The monoisotopic (exact) mass is 379 g/mol. The maximum Gasteiger partial charge on any atom is 0.104 e. The summed E-state index contributed by atoms with van der Waals surface area (Å²) in [4.78, 5) is 4.92. The number of hydrogen-bond acceptors (Lipinski definition) is 5. The molecule has 1 aromatic carbocycles. The lowest BCUT2D eigenvalue weighted by atomic mass is 9.88. The molecule has 0 bridgehead atoms. The number of piperidine rings is 1. The van der Waals surface area contributed by atoms with Crippen molar-refractivity contribution >= 4 is 17.4 Å². The molecular formula is C22H25N3OS. The second-order valence-corrected chi connectivity index (χ2v) is 8.27. The highest BCUT2D eigenvalue weighted by Gasteiger charge is 2.38. The molecule has 0 radical (unpaired) electrons. The van der Waals surface area contributed by atoms with Gasteiger partial charge in [0.25, 0.3) is 0 Å². The summed E-state index contributed by atoms with van der Waals surface area (Å²) >= 11 is 1.73. The van der Waals surface area contributed by atoms with Gasteiger partial charge in [0, 0.05) is 42.5 Å². The van der Waals surface area contributed by atoms with Crippen LogP contribution in [0.15, 0.2) is 48.5 Å². The minimum absolute atomic E-state index is 0.0830. The average molecular weight is 380 g/mol. The lowest BCUT2D eigenvalue weighted by molar-refractivity contribution is 0.155. The Morgan fingerprint density at radius 3 is 2.93 bits per heavy atom. The molecular weight excluding hydrogens is 354 g/mol. The zero-order valence-electron chi connectivity index (χ0n) is 15.3. The minimum atomic E-state index is -0.0830. The normalized spacial score (nSPS) is 25.3. The van der Waals surface area contributed by atoms with Gasteiger partial charge in [0.2, 0.25) is 0 Å². The van der Waals surface area contributed by atoms with Crippen LogP contribution in [0.2, 0.25) is 0 Å². The number of aliphatic hydroxyl groups is 1. The first-order chi connectivity index (χ1) is 13.3. The summed E-state index contributed by atoms with van der Waals surface area (Å²) in [5.41, 5.74) is 8.21. The van der Waals surface area contributed by atoms with Crippen molar-refractivity contribution < 1.29 is 5.11 Å². The molecule has 3 heterocycles. The van der Waals surface area contributed by atoms with Crippen LogP contribution in [0.1, 0.15) is 21.7 Å². The SMILES string of the molecule is OCC#Cc1ccc(CN2CCC3NNC(/C=C/c4ccccc4)C3C2)s1. The highest BCUT2D eigenvalue weighted by Crippen LogP contribution is 2.27. The number of rotatable bonds is 4. The molecule has 140 valence electrons. The first-order valence-corrected chi connectivity index (χ1v) is 10.3. The molecule has 0 aliphatic carbocycles. The average Bonchev–Trinajstić information content (AvgIpc) is 3.32. The zero-order valence-corrected chi connectivity index (χ0v) is 16.1. The molecule has 0 saturated carbocycles. The summed E-state index contributed by atoms with van der Waals surface area (Å²) in [6, 6.07) is 15.6. The Balaban J connectivity index is 1.38. The third kappa shape index (κ3) is 4.67. The fourth-order valence-corrected chi connectivity index (χ4v) is 4.82. The van der Waals surface area contributed by atoms with E-state index in [1.165, 1.54) is 10.4 Å². The Bertz CT molecular complexity index is 836. The summed E-state index contributed by atoms with van der Waals surface area (Å²) in [7, 11) is 0. The van der Waals surface area contributed by atoms with Gasteiger partial charge in [-0.2, -0.15) is 0 Å². The fraction of sp³-hybridized carbons (Fsp3) is 0.364. The quantitative estimate of drug-likeness (QED) is 0.715. The van der Waals surface area contributed by atoms with Crippen molar-refractivity contribution in [1.29, 1.82) is 0 Å². The second-order valence-electron chi connectivity index (χ2n) is 7.10. The molecule has 0 amide bonds. The summed E-state index contributed by atoms with van der Waals surface area (Å²) in [5, 5.41) is 8.83. The largest absolute Gasteiger partial charge is 0.384 e. The van der Waals surface area contributed by atoms with E-state index in [0.29, 0.717) is 18.0 Å². The molecule has 2 saturated heterocycles. The summed E-state index contributed by atoms with van der Waals surface area (Å²) < 4.78 is 0. The molecule has 5 heteroatoms. The Morgan fingerprint density at radius 2 is 2.07 bits per heavy atom. The number of likely N-dealkylation sites (tertiary alicyclic amines) is 1. The number of nitrogens with one attached hydrogen (secondary N) is 2. The number of benzene rings is 1. The smallest absolute Gasteiger partial charge is 0.104 e. The Labute approximate surface area is 164 Å². The maximum absolute atomic E-state index is 8.83. The molecule has 2 aromatic rings. The van der Waals surface area contributed by atoms with Crippen molar-refractivity contribution in [1.82, 2.24) is 15.8 Å². The van der Waals surface area contributed by atoms with Crippen LogP contribution in [0.5, 0.6) is 0 Å². The first kappa shape index (κ1) is 18.4. The van der Waals surface area contributed by atoms with E-state index in [2.05, 4.69) is 76.1 Å². The number of nitrogens with zero attached hydrogens (tertiary/aromatic N) is 1. The van der Waals surface area contributed by atoms with Gasteiger partial charge in [0.05, 0.1) is 4.88 Å². The number of hydrogen-bond donors (Lipinski definition) is 3. The molecule has 4 rings (SSSR count). The zero-order chi connectivity index (χ0) is 18.5. The van der Waals surface area contributed by atoms with Crippen molar-refractivity contribution in [2.24, 2.45) is 5.92 Å². The second kappa shape index (κ2) is 8.83. The van der Waals surface area contributed by atoms with E-state index < -0.39 is 0 Å². The predicted octanol–water partition coefficient (Wildman–Crippen LogP) is 2.47. The van der Waals surface area contributed by atoms with Gasteiger partial charge >= 0.3 is 0 Å². The molecule has 27 heavy (non-hydrogen) atoms. The molecule has 0 spiro atoms. The lowest BCUT2D eigenvalue weighted by Crippen LogP contribution is -2.45. The Hall–Kier alpha value is -1.94. The number of aliphatic hydroxyl groups excluding tert-OH is 1. The van der Waals surface area contributed by atoms with Gasteiger partial charge in [-0.15, -0.1) is 11.3 Å². The Morgan fingerprint density at radius 1 is 1.19 bits per heavy atom. The molecule has 3 N–H and O–H groups in total. The highest BCUT2D eigenvalue weighted by atomic mass is 32.1. The van der Waals surface area contributed by atoms with Gasteiger partial charge < -0.3 is 5.11 Å². The van der Waals surface area contributed by atoms with Gasteiger partial charge in [0.15, 0.2) is 0 Å². The van der Waals surface area contributed by atoms with Gasteiger partial charge in [-0.25, -0.2) is 0 Å². The van der Waals surface area contributed by atoms with Crippen molar-refractivity contribution in [3.8, 4) is 11.8 Å². The van der Waals surface area contributed by atoms with Gasteiger partial charge in [-0.3, -0.25) is 15.8 Å². The van der Waals surface area contributed by atoms with Crippen molar-refractivity contribution in [3.05, 3.63) is 63.9 Å². The molecule has 2 aliphatic heterocycles. The van der Waals surface area contributed by atoms with Crippen molar-refractivity contribution in [2.45, 2.75) is 25.0 Å². The lowest BCUT2D eigenvalue weighted by Gasteiger charge is -2.35. The van der Waals surface area contributed by atoms with Crippen LogP contribution in [-0.2, 0) is 6.54 Å². The van der Waals surface area contributed by atoms with Crippen LogP contribution in [0.4, 0.5) is 0 Å². The maximum atomic E-state index is 8.83. The van der Waals surface area contributed by atoms with Crippen molar-refractivity contribution in [3.63, 3.8) is 0 Å². The minimum Gasteiger partial charge on any atom is -0.384 e. The highest BCUT2D eigenvalue weighted by molar-refractivity contribution is 7.12. The molecule has 3 atom stereocenters. The van der Waals surface area contributed by atoms with Gasteiger partial charge in [-0.05, 0) is 24.1 Å². The van der Waals surface area contributed by atoms with Crippen LogP contribution in [-0.4, -0.2) is 41.8 Å². The summed E-state index contributed by atoms with van der Waals surface area (Å²) in [6.07, 6.45) is 5.67. The molecule has 2 fully saturated rings. The van der Waals surface area contributed by atoms with E-state index in [1.807, 2.05) is 6.07 Å². The van der Waals surface area contributed by atoms with E-state index in [4.69, 9.17) is 5.11 Å². The number of hydrazine groups is 1. The Kier molecular flexibility index (Phi) is 6.03. The van der Waals surface area contributed by atoms with Crippen LogP contribution in [0.25, 0.3) is 6.08 Å². The van der Waals surface area contributed by atoms with E-state index in [9.17, 15) is 0 Å². The van der Waals surface area contributed by atoms with E-state index >= 15 is 0 Å². The van der Waals surface area contributed by atoms with E-state index in [-0.39, 0.29) is 6.61 Å². The third-order valence-corrected chi connectivity index (χ3v) is 6.25. The molecule has 3 unspecified atom stereocenters. The van der Waals surface area contributed by atoms with Gasteiger partial charge in [-0.1, -0.05) is 54.3 Å². The fourth-order valence-electron chi connectivity index (χ4n) is 3.90. The predicted molar refractivity (Wildman–Crippen MR) is 111 cm³/mol. The first-order valence-electron chi connectivity index (χ1n) is 9.47. The van der Waals surface area contributed by atoms with Crippen molar-refractivity contribution in [2.75, 3.05) is 19.7 Å². The topological polar surface area (TPSA) is 47.5 Å². The summed E-state index contributed by atoms with van der Waals surface area (Å²) in [6.45, 7) is 3.09. The van der Waals surface area contributed by atoms with Crippen LogP contribution in [0, 0.1) is 17.8 Å². The van der Waals surface area contributed by atoms with E-state index in [0.717, 1.165) is 30.9 Å². The van der Waals surface area contributed by atoms with E-state index in [1.54, 1.807) is 11.3 Å². The van der Waals surface area contributed by atoms with Crippen LogP contribution in [0.3, 0.4) is 0 Å². The summed E-state index contributed by atoms with van der Waals surface area (Å²) in [5.74, 6) is 6.30. The molecule has 1 aromatic heterocycles. The van der Waals surface area contributed by atoms with Crippen LogP contribution >= 0.6 is 11.3 Å². The van der Waals surface area contributed by atoms with Gasteiger partial charge in [0.1, 0.15) is 6.61 Å². The molecule has 4 nitrogen and oxygen atoms in total.